The Morgan fingerprint density at radius 3 is 2.67 bits per heavy atom. The molecule has 2 heterocycles. The summed E-state index contributed by atoms with van der Waals surface area (Å²) in [6.45, 7) is 7.02. The van der Waals surface area contributed by atoms with Gasteiger partial charge in [0.1, 0.15) is 0 Å². The fourth-order valence-electron chi connectivity index (χ4n) is 2.79. The van der Waals surface area contributed by atoms with E-state index in [2.05, 4.69) is 42.2 Å². The quantitative estimate of drug-likeness (QED) is 0.886. The van der Waals surface area contributed by atoms with Crippen LogP contribution in [0.2, 0.25) is 0 Å². The average Bonchev–Trinajstić information content (AvgIpc) is 2.40. The van der Waals surface area contributed by atoms with Crippen LogP contribution in [-0.4, -0.2) is 36.1 Å². The van der Waals surface area contributed by atoms with Crippen molar-refractivity contribution in [3.63, 3.8) is 0 Å². The van der Waals surface area contributed by atoms with Crippen molar-refractivity contribution in [2.24, 2.45) is 5.92 Å². The van der Waals surface area contributed by atoms with Gasteiger partial charge in [0.25, 0.3) is 0 Å². The molecule has 18 heavy (non-hydrogen) atoms. The molecule has 0 radical (unpaired) electrons. The lowest BCUT2D eigenvalue weighted by molar-refractivity contribution is 0.185. The third-order valence-electron chi connectivity index (χ3n) is 4.17. The monoisotopic (exact) mass is 247 g/mol. The average molecular weight is 247 g/mol. The zero-order valence-corrected chi connectivity index (χ0v) is 11.8. The molecule has 1 aliphatic rings. The Bertz CT molecular complexity index is 344. The van der Waals surface area contributed by atoms with Crippen LogP contribution in [0, 0.1) is 5.92 Å². The second kappa shape index (κ2) is 6.30. The van der Waals surface area contributed by atoms with E-state index in [1.54, 1.807) is 0 Å². The standard InChI is InChI=1S/C15H25N3/c1-12(14-6-9-18(3)10-7-14)17-13(2)15-5-4-8-16-11-15/h4-5,8,11-14,17H,6-7,9-10H2,1-3H3/t12?,13-/m0/s1. The topological polar surface area (TPSA) is 28.2 Å². The molecule has 0 aliphatic carbocycles. The van der Waals surface area contributed by atoms with Gasteiger partial charge < -0.3 is 10.2 Å². The van der Waals surface area contributed by atoms with E-state index in [1.165, 1.54) is 31.5 Å². The van der Waals surface area contributed by atoms with Crippen LogP contribution in [0.5, 0.6) is 0 Å². The molecule has 1 fully saturated rings. The summed E-state index contributed by atoms with van der Waals surface area (Å²) in [5.74, 6) is 0.806. The summed E-state index contributed by atoms with van der Waals surface area (Å²) in [7, 11) is 2.21. The number of piperidine rings is 1. The van der Waals surface area contributed by atoms with Crippen molar-refractivity contribution in [1.29, 1.82) is 0 Å². The normalized spacial score (nSPS) is 21.7. The highest BCUT2D eigenvalue weighted by molar-refractivity contribution is 5.13. The smallest absolute Gasteiger partial charge is 0.0315 e. The van der Waals surface area contributed by atoms with Crippen molar-refractivity contribution in [2.75, 3.05) is 20.1 Å². The molecular formula is C15H25N3. The van der Waals surface area contributed by atoms with E-state index < -0.39 is 0 Å². The summed E-state index contributed by atoms with van der Waals surface area (Å²) in [6, 6.07) is 5.11. The number of nitrogens with one attached hydrogen (secondary N) is 1. The van der Waals surface area contributed by atoms with Crippen LogP contribution in [0.3, 0.4) is 0 Å². The van der Waals surface area contributed by atoms with Gasteiger partial charge >= 0.3 is 0 Å². The minimum absolute atomic E-state index is 0.383. The predicted octanol–water partition coefficient (Wildman–Crippen LogP) is 2.46. The molecule has 1 saturated heterocycles. The first-order valence-electron chi connectivity index (χ1n) is 7.01. The van der Waals surface area contributed by atoms with Gasteiger partial charge in [-0.3, -0.25) is 4.98 Å². The van der Waals surface area contributed by atoms with Gasteiger partial charge in [-0.15, -0.1) is 0 Å². The van der Waals surface area contributed by atoms with Crippen molar-refractivity contribution >= 4 is 0 Å². The molecule has 0 saturated carbocycles. The van der Waals surface area contributed by atoms with Gasteiger partial charge in [0.15, 0.2) is 0 Å². The first-order valence-corrected chi connectivity index (χ1v) is 7.01. The first kappa shape index (κ1) is 13.5. The largest absolute Gasteiger partial charge is 0.307 e. The number of hydrogen-bond acceptors (Lipinski definition) is 3. The SMILES string of the molecule is CC(N[C@@H](C)c1cccnc1)C1CCN(C)CC1. The maximum absolute atomic E-state index is 4.19. The molecule has 2 rings (SSSR count). The Hall–Kier alpha value is -0.930. The lowest BCUT2D eigenvalue weighted by atomic mass is 9.90. The number of hydrogen-bond donors (Lipinski definition) is 1. The van der Waals surface area contributed by atoms with E-state index in [4.69, 9.17) is 0 Å². The number of nitrogens with zero attached hydrogens (tertiary/aromatic N) is 2. The lowest BCUT2D eigenvalue weighted by Crippen LogP contribution is -2.41. The van der Waals surface area contributed by atoms with Crippen LogP contribution in [0.25, 0.3) is 0 Å². The molecular weight excluding hydrogens is 222 g/mol. The minimum atomic E-state index is 0.383. The van der Waals surface area contributed by atoms with E-state index in [-0.39, 0.29) is 0 Å². The van der Waals surface area contributed by atoms with Crippen molar-refractivity contribution in [3.8, 4) is 0 Å². The maximum Gasteiger partial charge on any atom is 0.0315 e. The Balaban J connectivity index is 1.85. The molecule has 1 unspecified atom stereocenters. The highest BCUT2D eigenvalue weighted by atomic mass is 15.1. The van der Waals surface area contributed by atoms with E-state index in [1.807, 2.05) is 18.5 Å². The highest BCUT2D eigenvalue weighted by Gasteiger charge is 2.23. The second-order valence-corrected chi connectivity index (χ2v) is 5.60. The molecule has 1 aromatic heterocycles. The summed E-state index contributed by atoms with van der Waals surface area (Å²) in [5, 5.41) is 3.72. The summed E-state index contributed by atoms with van der Waals surface area (Å²) in [4.78, 5) is 6.61. The van der Waals surface area contributed by atoms with Crippen LogP contribution in [0.1, 0.15) is 38.3 Å². The summed E-state index contributed by atoms with van der Waals surface area (Å²) in [5.41, 5.74) is 1.28. The molecule has 2 atom stereocenters. The van der Waals surface area contributed by atoms with Crippen molar-refractivity contribution in [2.45, 2.75) is 38.8 Å². The Morgan fingerprint density at radius 1 is 1.33 bits per heavy atom. The predicted molar refractivity (Wildman–Crippen MR) is 75.5 cm³/mol. The zero-order valence-electron chi connectivity index (χ0n) is 11.8. The third-order valence-corrected chi connectivity index (χ3v) is 4.17. The Morgan fingerprint density at radius 2 is 2.06 bits per heavy atom. The van der Waals surface area contributed by atoms with Gasteiger partial charge in [0.2, 0.25) is 0 Å². The van der Waals surface area contributed by atoms with Crippen molar-refractivity contribution in [1.82, 2.24) is 15.2 Å². The van der Waals surface area contributed by atoms with Crippen LogP contribution in [0.4, 0.5) is 0 Å². The van der Waals surface area contributed by atoms with Crippen molar-refractivity contribution < 1.29 is 0 Å². The molecule has 3 heteroatoms. The van der Waals surface area contributed by atoms with Gasteiger partial charge in [-0.2, -0.15) is 0 Å². The van der Waals surface area contributed by atoms with E-state index in [9.17, 15) is 0 Å². The first-order chi connectivity index (χ1) is 8.66. The molecule has 0 spiro atoms. The van der Waals surface area contributed by atoms with Crippen molar-refractivity contribution in [3.05, 3.63) is 30.1 Å². The molecule has 3 nitrogen and oxygen atoms in total. The third kappa shape index (κ3) is 3.53. The number of aromatic nitrogens is 1. The number of likely N-dealkylation sites (tertiary alicyclic amines) is 1. The molecule has 0 amide bonds. The van der Waals surface area contributed by atoms with Gasteiger partial charge in [0, 0.05) is 24.5 Å². The second-order valence-electron chi connectivity index (χ2n) is 5.60. The fraction of sp³-hybridized carbons (Fsp3) is 0.667. The molecule has 0 bridgehead atoms. The molecule has 1 N–H and O–H groups in total. The van der Waals surface area contributed by atoms with Crippen LogP contribution < -0.4 is 5.32 Å². The lowest BCUT2D eigenvalue weighted by Gasteiger charge is -2.34. The van der Waals surface area contributed by atoms with Crippen LogP contribution in [-0.2, 0) is 0 Å². The van der Waals surface area contributed by atoms with Gasteiger partial charge in [-0.05, 0) is 64.4 Å². The van der Waals surface area contributed by atoms with E-state index in [0.29, 0.717) is 12.1 Å². The molecule has 0 aromatic carbocycles. The summed E-state index contributed by atoms with van der Waals surface area (Å²) in [6.07, 6.45) is 6.41. The summed E-state index contributed by atoms with van der Waals surface area (Å²) < 4.78 is 0. The fourth-order valence-corrected chi connectivity index (χ4v) is 2.79. The Kier molecular flexibility index (Phi) is 4.72. The maximum atomic E-state index is 4.19. The summed E-state index contributed by atoms with van der Waals surface area (Å²) >= 11 is 0. The van der Waals surface area contributed by atoms with E-state index in [0.717, 1.165) is 5.92 Å². The highest BCUT2D eigenvalue weighted by Crippen LogP contribution is 2.22. The molecule has 1 aliphatic heterocycles. The molecule has 1 aromatic rings. The van der Waals surface area contributed by atoms with Gasteiger partial charge in [0.05, 0.1) is 0 Å². The minimum Gasteiger partial charge on any atom is -0.307 e. The van der Waals surface area contributed by atoms with Gasteiger partial charge in [-0.1, -0.05) is 6.07 Å². The number of rotatable bonds is 4. The number of pyridine rings is 1. The van der Waals surface area contributed by atoms with E-state index >= 15 is 0 Å². The van der Waals surface area contributed by atoms with Crippen LogP contribution in [0.15, 0.2) is 24.5 Å². The van der Waals surface area contributed by atoms with Gasteiger partial charge in [-0.25, -0.2) is 0 Å². The zero-order chi connectivity index (χ0) is 13.0. The molecule has 100 valence electrons. The van der Waals surface area contributed by atoms with Crippen LogP contribution >= 0.6 is 0 Å². The Labute approximate surface area is 111 Å².